The van der Waals surface area contributed by atoms with Gasteiger partial charge in [0.1, 0.15) is 12.6 Å². The van der Waals surface area contributed by atoms with Crippen molar-refractivity contribution in [3.05, 3.63) is 0 Å². The fraction of sp³-hybridized carbons (Fsp3) is 0.818. The van der Waals surface area contributed by atoms with Gasteiger partial charge >= 0.3 is 0 Å². The average molecular weight is 228 g/mol. The molecule has 5 heteroatoms. The molecule has 0 aromatic rings. The number of hydrogen-bond donors (Lipinski definition) is 1. The van der Waals surface area contributed by atoms with Crippen LogP contribution in [0, 0.1) is 0 Å². The molecule has 0 bridgehead atoms. The molecule has 0 radical (unpaired) electrons. The minimum atomic E-state index is -0.453. The fourth-order valence-corrected chi connectivity index (χ4v) is 1.75. The van der Waals surface area contributed by atoms with Crippen LogP contribution in [0.15, 0.2) is 0 Å². The predicted molar refractivity (Wildman–Crippen MR) is 59.9 cm³/mol. The molecular formula is C11H20N2O3. The first kappa shape index (κ1) is 13.0. The van der Waals surface area contributed by atoms with E-state index in [1.54, 1.807) is 11.8 Å². The van der Waals surface area contributed by atoms with E-state index in [0.717, 1.165) is 25.9 Å². The number of nitrogens with zero attached hydrogens (tertiary/aromatic N) is 1. The van der Waals surface area contributed by atoms with Gasteiger partial charge in [0.2, 0.25) is 11.8 Å². The summed E-state index contributed by atoms with van der Waals surface area (Å²) >= 11 is 0. The number of amides is 2. The van der Waals surface area contributed by atoms with Gasteiger partial charge in [-0.2, -0.15) is 0 Å². The maximum atomic E-state index is 11.8. The third-order valence-corrected chi connectivity index (χ3v) is 2.60. The summed E-state index contributed by atoms with van der Waals surface area (Å²) in [7, 11) is 0. The maximum absolute atomic E-state index is 11.8. The lowest BCUT2D eigenvalue weighted by atomic mass is 10.3. The van der Waals surface area contributed by atoms with Gasteiger partial charge in [-0.25, -0.2) is 0 Å². The number of likely N-dealkylation sites (tertiary alicyclic amines) is 1. The number of ether oxygens (including phenoxy) is 1. The molecule has 1 unspecified atom stereocenters. The summed E-state index contributed by atoms with van der Waals surface area (Å²) in [4.78, 5) is 24.9. The van der Waals surface area contributed by atoms with E-state index in [0.29, 0.717) is 6.61 Å². The highest BCUT2D eigenvalue weighted by atomic mass is 16.5. The molecular weight excluding hydrogens is 208 g/mol. The van der Waals surface area contributed by atoms with Crippen LogP contribution in [0.25, 0.3) is 0 Å². The van der Waals surface area contributed by atoms with Crippen molar-refractivity contribution in [2.45, 2.75) is 32.7 Å². The van der Waals surface area contributed by atoms with Crippen molar-refractivity contribution in [2.75, 3.05) is 26.3 Å². The molecule has 0 aromatic heterocycles. The summed E-state index contributed by atoms with van der Waals surface area (Å²) in [6, 6.07) is -0.453. The van der Waals surface area contributed by atoms with Gasteiger partial charge in [-0.3, -0.25) is 9.59 Å². The van der Waals surface area contributed by atoms with Crippen LogP contribution >= 0.6 is 0 Å². The van der Waals surface area contributed by atoms with Crippen LogP contribution in [-0.4, -0.2) is 49.1 Å². The lowest BCUT2D eigenvalue weighted by Crippen LogP contribution is -2.46. The summed E-state index contributed by atoms with van der Waals surface area (Å²) in [6.07, 6.45) is 2.12. The molecule has 5 nitrogen and oxygen atoms in total. The largest absolute Gasteiger partial charge is 0.372 e. The quantitative estimate of drug-likeness (QED) is 0.728. The zero-order chi connectivity index (χ0) is 12.0. The van der Waals surface area contributed by atoms with E-state index >= 15 is 0 Å². The van der Waals surface area contributed by atoms with Crippen molar-refractivity contribution in [3.8, 4) is 0 Å². The highest BCUT2D eigenvalue weighted by Gasteiger charge is 2.24. The Morgan fingerprint density at radius 1 is 1.38 bits per heavy atom. The van der Waals surface area contributed by atoms with E-state index in [2.05, 4.69) is 5.32 Å². The van der Waals surface area contributed by atoms with Gasteiger partial charge in [-0.15, -0.1) is 0 Å². The van der Waals surface area contributed by atoms with Crippen LogP contribution < -0.4 is 5.32 Å². The highest BCUT2D eigenvalue weighted by molar-refractivity contribution is 5.87. The molecule has 0 saturated carbocycles. The molecule has 0 aliphatic carbocycles. The Morgan fingerprint density at radius 3 is 2.56 bits per heavy atom. The van der Waals surface area contributed by atoms with Crippen LogP contribution in [-0.2, 0) is 14.3 Å². The Kier molecular flexibility index (Phi) is 5.25. The SMILES string of the molecule is CCOCC(=O)NC(C)C(=O)N1CCCC1. The second kappa shape index (κ2) is 6.48. The highest BCUT2D eigenvalue weighted by Crippen LogP contribution is 2.08. The molecule has 1 aliphatic rings. The lowest BCUT2D eigenvalue weighted by molar-refractivity contribution is -0.136. The summed E-state index contributed by atoms with van der Waals surface area (Å²) in [5.41, 5.74) is 0. The van der Waals surface area contributed by atoms with E-state index < -0.39 is 6.04 Å². The second-order valence-corrected chi connectivity index (χ2v) is 3.96. The molecule has 1 aliphatic heterocycles. The zero-order valence-corrected chi connectivity index (χ0v) is 9.99. The molecule has 0 aromatic carbocycles. The zero-order valence-electron chi connectivity index (χ0n) is 9.99. The first-order valence-corrected chi connectivity index (χ1v) is 5.81. The van der Waals surface area contributed by atoms with Gasteiger partial charge in [0.15, 0.2) is 0 Å². The van der Waals surface area contributed by atoms with E-state index in [4.69, 9.17) is 4.74 Å². The number of nitrogens with one attached hydrogen (secondary N) is 1. The molecule has 1 fully saturated rings. The Labute approximate surface area is 96.1 Å². The number of carbonyl (C=O) groups is 2. The smallest absolute Gasteiger partial charge is 0.246 e. The minimum Gasteiger partial charge on any atom is -0.372 e. The average Bonchev–Trinajstić information content (AvgIpc) is 2.78. The minimum absolute atomic E-state index is 0.00217. The van der Waals surface area contributed by atoms with Crippen LogP contribution in [0.2, 0.25) is 0 Å². The first-order chi connectivity index (χ1) is 7.65. The van der Waals surface area contributed by atoms with Gasteiger partial charge in [0.25, 0.3) is 0 Å². The second-order valence-electron chi connectivity index (χ2n) is 3.96. The fourth-order valence-electron chi connectivity index (χ4n) is 1.75. The number of carbonyl (C=O) groups excluding carboxylic acids is 2. The monoisotopic (exact) mass is 228 g/mol. The molecule has 1 rings (SSSR count). The van der Waals surface area contributed by atoms with E-state index in [1.807, 2.05) is 6.92 Å². The molecule has 1 N–H and O–H groups in total. The van der Waals surface area contributed by atoms with Crippen molar-refractivity contribution in [1.82, 2.24) is 10.2 Å². The van der Waals surface area contributed by atoms with Crippen LogP contribution in [0.1, 0.15) is 26.7 Å². The van der Waals surface area contributed by atoms with Gasteiger partial charge in [0.05, 0.1) is 0 Å². The van der Waals surface area contributed by atoms with Crippen molar-refractivity contribution in [3.63, 3.8) is 0 Å². The first-order valence-electron chi connectivity index (χ1n) is 5.81. The standard InChI is InChI=1S/C11H20N2O3/c1-3-16-8-10(14)12-9(2)11(15)13-6-4-5-7-13/h9H,3-8H2,1-2H3,(H,12,14). The third kappa shape index (κ3) is 3.81. The number of rotatable bonds is 5. The molecule has 92 valence electrons. The van der Waals surface area contributed by atoms with E-state index in [-0.39, 0.29) is 18.4 Å². The summed E-state index contributed by atoms with van der Waals surface area (Å²) in [5, 5.41) is 2.64. The van der Waals surface area contributed by atoms with Crippen molar-refractivity contribution >= 4 is 11.8 Å². The molecule has 1 heterocycles. The summed E-state index contributed by atoms with van der Waals surface area (Å²) in [5.74, 6) is -0.232. The summed E-state index contributed by atoms with van der Waals surface area (Å²) in [6.45, 7) is 5.68. The Balaban J connectivity index is 2.30. The van der Waals surface area contributed by atoms with E-state index in [9.17, 15) is 9.59 Å². The van der Waals surface area contributed by atoms with Crippen molar-refractivity contribution in [1.29, 1.82) is 0 Å². The molecule has 16 heavy (non-hydrogen) atoms. The van der Waals surface area contributed by atoms with Gasteiger partial charge in [0, 0.05) is 19.7 Å². The van der Waals surface area contributed by atoms with Crippen molar-refractivity contribution < 1.29 is 14.3 Å². The molecule has 2 amide bonds. The predicted octanol–water partition coefficient (Wildman–Crippen LogP) is 0.150. The van der Waals surface area contributed by atoms with Crippen LogP contribution in [0.5, 0.6) is 0 Å². The Bertz CT molecular complexity index is 250. The van der Waals surface area contributed by atoms with E-state index in [1.165, 1.54) is 0 Å². The Hall–Kier alpha value is -1.10. The van der Waals surface area contributed by atoms with Crippen molar-refractivity contribution in [2.24, 2.45) is 0 Å². The Morgan fingerprint density at radius 2 is 2.00 bits per heavy atom. The molecule has 0 spiro atoms. The third-order valence-electron chi connectivity index (χ3n) is 2.60. The van der Waals surface area contributed by atoms with Gasteiger partial charge in [-0.1, -0.05) is 0 Å². The van der Waals surface area contributed by atoms with Crippen LogP contribution in [0.4, 0.5) is 0 Å². The molecule has 1 atom stereocenters. The number of hydrogen-bond acceptors (Lipinski definition) is 3. The summed E-state index contributed by atoms with van der Waals surface area (Å²) < 4.78 is 4.96. The normalized spacial score (nSPS) is 17.2. The van der Waals surface area contributed by atoms with Gasteiger partial charge < -0.3 is 15.0 Å². The lowest BCUT2D eigenvalue weighted by Gasteiger charge is -2.21. The molecule has 1 saturated heterocycles. The maximum Gasteiger partial charge on any atom is 0.246 e. The van der Waals surface area contributed by atoms with Gasteiger partial charge in [-0.05, 0) is 26.7 Å². The topological polar surface area (TPSA) is 58.6 Å². The van der Waals surface area contributed by atoms with Crippen LogP contribution in [0.3, 0.4) is 0 Å².